The lowest BCUT2D eigenvalue weighted by atomic mass is 10.1. The maximum absolute atomic E-state index is 12.9. The molecule has 1 heterocycles. The molecule has 0 aliphatic carbocycles. The molecule has 1 aliphatic heterocycles. The molecule has 2 rings (SSSR count). The molecule has 0 radical (unpaired) electrons. The fraction of sp³-hybridized carbons (Fsp3) is 0.571. The number of aryl methyl sites for hydroxylation is 2. The van der Waals surface area contributed by atoms with Gasteiger partial charge in [-0.3, -0.25) is 0 Å². The van der Waals surface area contributed by atoms with Crippen LogP contribution in [0.15, 0.2) is 17.0 Å². The van der Waals surface area contributed by atoms with Crippen LogP contribution in [-0.4, -0.2) is 38.5 Å². The number of nitrogens with zero attached hydrogens (tertiary/aromatic N) is 1. The van der Waals surface area contributed by atoms with E-state index in [4.69, 9.17) is 10.5 Å². The Labute approximate surface area is 120 Å². The lowest BCUT2D eigenvalue weighted by molar-refractivity contribution is 0.0752. The van der Waals surface area contributed by atoms with Crippen molar-refractivity contribution in [2.75, 3.05) is 25.4 Å². The van der Waals surface area contributed by atoms with Gasteiger partial charge in [-0.15, -0.1) is 0 Å². The predicted octanol–water partition coefficient (Wildman–Crippen LogP) is 1.69. The molecule has 1 saturated heterocycles. The van der Waals surface area contributed by atoms with Gasteiger partial charge in [0.1, 0.15) is 4.90 Å². The second-order valence-corrected chi connectivity index (χ2v) is 7.21. The Morgan fingerprint density at radius 2 is 1.95 bits per heavy atom. The van der Waals surface area contributed by atoms with Crippen LogP contribution in [0.1, 0.15) is 24.5 Å². The van der Waals surface area contributed by atoms with Crippen molar-refractivity contribution in [1.29, 1.82) is 0 Å². The minimum atomic E-state index is -3.57. The van der Waals surface area contributed by atoms with Crippen molar-refractivity contribution in [3.05, 3.63) is 23.3 Å². The highest BCUT2D eigenvalue weighted by Gasteiger charge is 2.31. The van der Waals surface area contributed by atoms with E-state index < -0.39 is 10.0 Å². The first-order chi connectivity index (χ1) is 9.34. The highest BCUT2D eigenvalue weighted by molar-refractivity contribution is 7.89. The summed E-state index contributed by atoms with van der Waals surface area (Å²) in [5, 5.41) is 0. The van der Waals surface area contributed by atoms with Crippen molar-refractivity contribution < 1.29 is 13.2 Å². The highest BCUT2D eigenvalue weighted by Crippen LogP contribution is 2.29. The summed E-state index contributed by atoms with van der Waals surface area (Å²) in [6.45, 7) is 6.92. The van der Waals surface area contributed by atoms with Crippen LogP contribution < -0.4 is 5.73 Å². The summed E-state index contributed by atoms with van der Waals surface area (Å²) in [5.74, 6) is 0. The number of anilines is 1. The number of rotatable bonds is 2. The molecular weight excluding hydrogens is 276 g/mol. The van der Waals surface area contributed by atoms with Crippen molar-refractivity contribution in [2.24, 2.45) is 0 Å². The van der Waals surface area contributed by atoms with E-state index in [0.717, 1.165) is 5.56 Å². The van der Waals surface area contributed by atoms with Gasteiger partial charge >= 0.3 is 0 Å². The van der Waals surface area contributed by atoms with Crippen LogP contribution >= 0.6 is 0 Å². The largest absolute Gasteiger partial charge is 0.397 e. The second-order valence-electron chi connectivity index (χ2n) is 5.34. The first-order valence-corrected chi connectivity index (χ1v) is 8.25. The molecule has 0 aromatic heterocycles. The quantitative estimate of drug-likeness (QED) is 0.843. The molecule has 5 nitrogen and oxygen atoms in total. The molecule has 0 amide bonds. The Morgan fingerprint density at radius 1 is 1.30 bits per heavy atom. The summed E-state index contributed by atoms with van der Waals surface area (Å²) < 4.78 is 32.7. The van der Waals surface area contributed by atoms with Crippen LogP contribution in [-0.2, 0) is 14.8 Å². The number of nitrogens with two attached hydrogens (primary N) is 1. The molecular formula is C14H22N2O3S. The van der Waals surface area contributed by atoms with Crippen LogP contribution in [0.3, 0.4) is 0 Å². The van der Waals surface area contributed by atoms with Crippen LogP contribution in [0.4, 0.5) is 5.69 Å². The average Bonchev–Trinajstić information content (AvgIpc) is 2.59. The zero-order valence-electron chi connectivity index (χ0n) is 12.2. The third-order valence-electron chi connectivity index (χ3n) is 3.62. The van der Waals surface area contributed by atoms with Gasteiger partial charge in [-0.1, -0.05) is 12.1 Å². The number of ether oxygens (including phenoxy) is 1. The first kappa shape index (κ1) is 15.3. The number of sulfonamides is 1. The van der Waals surface area contributed by atoms with Crippen LogP contribution in [0.2, 0.25) is 0 Å². The van der Waals surface area contributed by atoms with Gasteiger partial charge in [-0.05, 0) is 38.3 Å². The molecule has 1 aromatic carbocycles. The van der Waals surface area contributed by atoms with E-state index in [1.807, 2.05) is 19.9 Å². The Kier molecular flexibility index (Phi) is 4.36. The molecule has 1 aliphatic rings. The molecule has 20 heavy (non-hydrogen) atoms. The lowest BCUT2D eigenvalue weighted by Gasteiger charge is -2.24. The predicted molar refractivity (Wildman–Crippen MR) is 79.1 cm³/mol. The van der Waals surface area contributed by atoms with Gasteiger partial charge in [-0.2, -0.15) is 4.31 Å². The van der Waals surface area contributed by atoms with E-state index in [-0.39, 0.29) is 11.0 Å². The van der Waals surface area contributed by atoms with E-state index in [9.17, 15) is 8.42 Å². The molecule has 1 aromatic rings. The van der Waals surface area contributed by atoms with Crippen molar-refractivity contribution in [1.82, 2.24) is 4.31 Å². The van der Waals surface area contributed by atoms with E-state index in [2.05, 4.69) is 0 Å². The Hall–Kier alpha value is -1.11. The molecule has 6 heteroatoms. The molecule has 0 spiro atoms. The summed E-state index contributed by atoms with van der Waals surface area (Å²) in [4.78, 5) is 0.242. The van der Waals surface area contributed by atoms with Crippen LogP contribution in [0, 0.1) is 13.8 Å². The molecule has 1 unspecified atom stereocenters. The van der Waals surface area contributed by atoms with E-state index in [1.54, 1.807) is 13.0 Å². The van der Waals surface area contributed by atoms with Crippen molar-refractivity contribution in [3.63, 3.8) is 0 Å². The minimum absolute atomic E-state index is 0.0985. The molecule has 1 atom stereocenters. The molecule has 0 saturated carbocycles. The van der Waals surface area contributed by atoms with Crippen molar-refractivity contribution >= 4 is 15.7 Å². The molecule has 112 valence electrons. The standard InChI is InChI=1S/C14H22N2O3S/c1-10-5-6-11(2)14(13(10)15)20(17,18)16-7-4-8-19-12(3)9-16/h5-6,12H,4,7-9,15H2,1-3H3. The normalized spacial score (nSPS) is 21.6. The Balaban J connectivity index is 2.47. The smallest absolute Gasteiger partial charge is 0.245 e. The topological polar surface area (TPSA) is 72.6 Å². The summed E-state index contributed by atoms with van der Waals surface area (Å²) in [6, 6.07) is 3.65. The SMILES string of the molecule is Cc1ccc(C)c(S(=O)(=O)N2CCCOC(C)C2)c1N. The molecule has 0 bridgehead atoms. The third kappa shape index (κ3) is 2.82. The van der Waals surface area contributed by atoms with E-state index in [0.29, 0.717) is 37.4 Å². The fourth-order valence-corrected chi connectivity index (χ4v) is 4.40. The van der Waals surface area contributed by atoms with Gasteiger partial charge in [-0.25, -0.2) is 8.42 Å². The summed E-state index contributed by atoms with van der Waals surface area (Å²) >= 11 is 0. The van der Waals surface area contributed by atoms with Gasteiger partial charge in [0.2, 0.25) is 10.0 Å². The van der Waals surface area contributed by atoms with Gasteiger partial charge in [0.25, 0.3) is 0 Å². The number of benzene rings is 1. The van der Waals surface area contributed by atoms with E-state index in [1.165, 1.54) is 4.31 Å². The van der Waals surface area contributed by atoms with Gasteiger partial charge < -0.3 is 10.5 Å². The van der Waals surface area contributed by atoms with Crippen LogP contribution in [0.25, 0.3) is 0 Å². The third-order valence-corrected chi connectivity index (χ3v) is 5.69. The Bertz CT molecular complexity index is 599. The van der Waals surface area contributed by atoms with Crippen molar-refractivity contribution in [3.8, 4) is 0 Å². The number of nitrogen functional groups attached to an aromatic ring is 1. The Morgan fingerprint density at radius 3 is 2.65 bits per heavy atom. The summed E-state index contributed by atoms with van der Waals surface area (Å²) in [7, 11) is -3.57. The summed E-state index contributed by atoms with van der Waals surface area (Å²) in [6.07, 6.45) is 0.604. The zero-order chi connectivity index (χ0) is 14.9. The average molecular weight is 298 g/mol. The number of hydrogen-bond donors (Lipinski definition) is 1. The summed E-state index contributed by atoms with van der Waals surface area (Å²) in [5.41, 5.74) is 7.83. The maximum Gasteiger partial charge on any atom is 0.245 e. The van der Waals surface area contributed by atoms with Crippen LogP contribution in [0.5, 0.6) is 0 Å². The lowest BCUT2D eigenvalue weighted by Crippen LogP contribution is -2.36. The molecule has 2 N–H and O–H groups in total. The fourth-order valence-electron chi connectivity index (χ4n) is 2.45. The highest BCUT2D eigenvalue weighted by atomic mass is 32.2. The monoisotopic (exact) mass is 298 g/mol. The van der Waals surface area contributed by atoms with Gasteiger partial charge in [0.15, 0.2) is 0 Å². The van der Waals surface area contributed by atoms with E-state index >= 15 is 0 Å². The van der Waals surface area contributed by atoms with Gasteiger partial charge in [0, 0.05) is 19.7 Å². The van der Waals surface area contributed by atoms with Crippen molar-refractivity contribution in [2.45, 2.75) is 38.2 Å². The minimum Gasteiger partial charge on any atom is -0.397 e. The molecule has 1 fully saturated rings. The zero-order valence-corrected chi connectivity index (χ0v) is 13.0. The first-order valence-electron chi connectivity index (χ1n) is 6.81. The second kappa shape index (κ2) is 5.71. The number of hydrogen-bond acceptors (Lipinski definition) is 4. The maximum atomic E-state index is 12.9. The van der Waals surface area contributed by atoms with Gasteiger partial charge in [0.05, 0.1) is 11.8 Å².